The van der Waals surface area contributed by atoms with Crippen LogP contribution < -0.4 is 15.5 Å². The summed E-state index contributed by atoms with van der Waals surface area (Å²) in [6, 6.07) is 6.99. The summed E-state index contributed by atoms with van der Waals surface area (Å²) in [5.74, 6) is 2.03. The Kier molecular flexibility index (Phi) is 5.03. The van der Waals surface area contributed by atoms with Gasteiger partial charge in [0.15, 0.2) is 5.82 Å². The molecule has 2 aliphatic rings. The second-order valence-corrected chi connectivity index (χ2v) is 8.40. The van der Waals surface area contributed by atoms with Crippen LogP contribution in [0.15, 0.2) is 49.1 Å². The summed E-state index contributed by atoms with van der Waals surface area (Å²) in [6.07, 6.45) is 9.26. The topological polar surface area (TPSA) is 91.8 Å². The minimum Gasteiger partial charge on any atom is -0.353 e. The van der Waals surface area contributed by atoms with Gasteiger partial charge in [-0.1, -0.05) is 0 Å². The molecule has 4 aromatic rings. The Balaban J connectivity index is 1.44. The number of piperazine rings is 1. The molecule has 33 heavy (non-hydrogen) atoms. The van der Waals surface area contributed by atoms with Crippen LogP contribution in [0.3, 0.4) is 0 Å². The van der Waals surface area contributed by atoms with Crippen LogP contribution in [0.5, 0.6) is 0 Å². The number of pyridine rings is 3. The molecule has 1 aliphatic carbocycles. The molecule has 2 fully saturated rings. The van der Waals surface area contributed by atoms with Gasteiger partial charge < -0.3 is 15.5 Å². The van der Waals surface area contributed by atoms with Gasteiger partial charge in [-0.3, -0.25) is 4.98 Å². The van der Waals surface area contributed by atoms with E-state index in [2.05, 4.69) is 30.5 Å². The van der Waals surface area contributed by atoms with Gasteiger partial charge in [-0.05, 0) is 48.6 Å². The van der Waals surface area contributed by atoms with E-state index in [1.807, 2.05) is 24.5 Å². The van der Waals surface area contributed by atoms with Crippen LogP contribution in [0.25, 0.3) is 22.3 Å². The molecule has 166 valence electrons. The fraction of sp³-hybridized carbons (Fsp3) is 0.292. The highest BCUT2D eigenvalue weighted by Crippen LogP contribution is 2.44. The molecule has 8 nitrogen and oxygen atoms in total. The third kappa shape index (κ3) is 3.95. The van der Waals surface area contributed by atoms with Crippen LogP contribution in [-0.4, -0.2) is 51.1 Å². The predicted molar refractivity (Wildman–Crippen MR) is 125 cm³/mol. The first-order chi connectivity index (χ1) is 16.3. The number of hydrogen-bond acceptors (Lipinski definition) is 8. The average molecular weight is 443 g/mol. The lowest BCUT2D eigenvalue weighted by Gasteiger charge is -2.30. The normalized spacial score (nSPS) is 16.2. The number of anilines is 3. The van der Waals surface area contributed by atoms with Crippen molar-refractivity contribution in [2.24, 2.45) is 0 Å². The minimum absolute atomic E-state index is 0.265. The highest BCUT2D eigenvalue weighted by Gasteiger charge is 2.29. The number of nitrogens with one attached hydrogen (secondary N) is 2. The lowest BCUT2D eigenvalue weighted by Crippen LogP contribution is -2.44. The van der Waals surface area contributed by atoms with E-state index in [4.69, 9.17) is 9.97 Å². The summed E-state index contributed by atoms with van der Waals surface area (Å²) in [6.45, 7) is 3.62. The van der Waals surface area contributed by atoms with Crippen molar-refractivity contribution >= 4 is 28.2 Å². The van der Waals surface area contributed by atoms with Crippen LogP contribution in [-0.2, 0) is 0 Å². The van der Waals surface area contributed by atoms with Gasteiger partial charge >= 0.3 is 0 Å². The molecule has 9 heteroatoms. The molecule has 4 aromatic heterocycles. The highest BCUT2D eigenvalue weighted by atomic mass is 19.1. The molecule has 2 N–H and O–H groups in total. The molecule has 0 radical (unpaired) electrons. The Morgan fingerprint density at radius 3 is 2.73 bits per heavy atom. The third-order valence-corrected chi connectivity index (χ3v) is 6.09. The smallest absolute Gasteiger partial charge is 0.236 e. The van der Waals surface area contributed by atoms with E-state index < -0.39 is 5.95 Å². The predicted octanol–water partition coefficient (Wildman–Crippen LogP) is 3.65. The Morgan fingerprint density at radius 1 is 1.03 bits per heavy atom. The maximum atomic E-state index is 14.0. The highest BCUT2D eigenvalue weighted by molar-refractivity contribution is 5.94. The van der Waals surface area contributed by atoms with Crippen LogP contribution in [0, 0.1) is 5.95 Å². The van der Waals surface area contributed by atoms with E-state index in [1.54, 1.807) is 18.3 Å². The van der Waals surface area contributed by atoms with Gasteiger partial charge in [-0.2, -0.15) is 4.39 Å². The zero-order chi connectivity index (χ0) is 22.2. The summed E-state index contributed by atoms with van der Waals surface area (Å²) in [5, 5.41) is 7.52. The quantitative estimate of drug-likeness (QED) is 0.453. The van der Waals surface area contributed by atoms with E-state index in [0.717, 1.165) is 48.5 Å². The van der Waals surface area contributed by atoms with E-state index in [-0.39, 0.29) is 5.69 Å². The van der Waals surface area contributed by atoms with Gasteiger partial charge in [0.25, 0.3) is 0 Å². The molecule has 0 unspecified atom stereocenters. The molecule has 0 aromatic carbocycles. The van der Waals surface area contributed by atoms with Crippen molar-refractivity contribution in [1.29, 1.82) is 0 Å². The van der Waals surface area contributed by atoms with Gasteiger partial charge in [-0.25, -0.2) is 19.9 Å². The molecule has 0 bridgehead atoms. The van der Waals surface area contributed by atoms with Crippen LogP contribution in [0.4, 0.5) is 21.7 Å². The fourth-order valence-corrected chi connectivity index (χ4v) is 4.28. The largest absolute Gasteiger partial charge is 0.353 e. The lowest BCUT2D eigenvalue weighted by atomic mass is 10.1. The maximum Gasteiger partial charge on any atom is 0.236 e. The first-order valence-corrected chi connectivity index (χ1v) is 11.2. The third-order valence-electron chi connectivity index (χ3n) is 6.09. The molecular formula is C24H23FN8. The lowest BCUT2D eigenvalue weighted by molar-refractivity contribution is 0.586. The molecule has 0 spiro atoms. The van der Waals surface area contributed by atoms with E-state index in [1.165, 1.54) is 24.6 Å². The zero-order valence-corrected chi connectivity index (χ0v) is 18.0. The summed E-state index contributed by atoms with van der Waals surface area (Å²) in [4.78, 5) is 24.8. The second-order valence-electron chi connectivity index (χ2n) is 8.40. The Bertz CT molecular complexity index is 1320. The SMILES string of the molecule is Fc1ncccc1Nc1cc(-c2nc(N3CCNCC3)c3c(C4CC4)cncc3n2)ccn1. The van der Waals surface area contributed by atoms with Crippen LogP contribution in [0.1, 0.15) is 24.3 Å². The van der Waals surface area contributed by atoms with Gasteiger partial charge in [0.05, 0.1) is 17.4 Å². The summed E-state index contributed by atoms with van der Waals surface area (Å²) < 4.78 is 14.0. The first kappa shape index (κ1) is 19.9. The molecule has 1 aliphatic heterocycles. The summed E-state index contributed by atoms with van der Waals surface area (Å²) in [5.41, 5.74) is 3.16. The van der Waals surface area contributed by atoms with Crippen molar-refractivity contribution in [2.45, 2.75) is 18.8 Å². The molecule has 6 rings (SSSR count). The Morgan fingerprint density at radius 2 is 1.91 bits per heavy atom. The number of rotatable bonds is 5. The van der Waals surface area contributed by atoms with E-state index >= 15 is 0 Å². The molecule has 0 amide bonds. The minimum atomic E-state index is -0.577. The van der Waals surface area contributed by atoms with Crippen LogP contribution >= 0.6 is 0 Å². The molecular weight excluding hydrogens is 419 g/mol. The fourth-order valence-electron chi connectivity index (χ4n) is 4.28. The number of fused-ring (bicyclic) bond motifs is 1. The second kappa shape index (κ2) is 8.32. The van der Waals surface area contributed by atoms with E-state index in [0.29, 0.717) is 17.6 Å². The van der Waals surface area contributed by atoms with Crippen molar-refractivity contribution in [2.75, 3.05) is 36.4 Å². The summed E-state index contributed by atoms with van der Waals surface area (Å²) in [7, 11) is 0. The van der Waals surface area contributed by atoms with Gasteiger partial charge in [0.1, 0.15) is 11.6 Å². The average Bonchev–Trinajstić information content (AvgIpc) is 3.71. The number of nitrogens with zero attached hydrogens (tertiary/aromatic N) is 6. The number of aromatic nitrogens is 5. The van der Waals surface area contributed by atoms with Gasteiger partial charge in [0, 0.05) is 55.7 Å². The van der Waals surface area contributed by atoms with Gasteiger partial charge in [0.2, 0.25) is 5.95 Å². The molecule has 1 saturated carbocycles. The van der Waals surface area contributed by atoms with Crippen molar-refractivity contribution in [3.8, 4) is 11.4 Å². The van der Waals surface area contributed by atoms with Crippen molar-refractivity contribution in [3.05, 3.63) is 60.6 Å². The van der Waals surface area contributed by atoms with Crippen molar-refractivity contribution in [1.82, 2.24) is 30.2 Å². The van der Waals surface area contributed by atoms with E-state index in [9.17, 15) is 4.39 Å². The van der Waals surface area contributed by atoms with Gasteiger partial charge in [-0.15, -0.1) is 0 Å². The monoisotopic (exact) mass is 442 g/mol. The first-order valence-electron chi connectivity index (χ1n) is 11.2. The number of halogens is 1. The summed E-state index contributed by atoms with van der Waals surface area (Å²) >= 11 is 0. The van der Waals surface area contributed by atoms with Crippen molar-refractivity contribution in [3.63, 3.8) is 0 Å². The standard InChI is InChI=1S/C24H23FN8/c25-22-18(2-1-6-29-22)30-20-12-16(5-7-28-20)23-31-19-14-27-13-17(15-3-4-15)21(19)24(32-23)33-10-8-26-9-11-33/h1-2,5-7,12-15,26H,3-4,8-11H2,(H,28,30). The number of hydrogen-bond donors (Lipinski definition) is 2. The maximum absolute atomic E-state index is 14.0. The molecule has 0 atom stereocenters. The Hall–Kier alpha value is -3.72. The van der Waals surface area contributed by atoms with Crippen LogP contribution in [0.2, 0.25) is 0 Å². The molecule has 5 heterocycles. The zero-order valence-electron chi connectivity index (χ0n) is 18.0. The Labute approximate surface area is 190 Å². The molecule has 1 saturated heterocycles. The van der Waals surface area contributed by atoms with Crippen molar-refractivity contribution < 1.29 is 4.39 Å².